The highest BCUT2D eigenvalue weighted by atomic mass is 16.5. The molecule has 1 saturated carbocycles. The van der Waals surface area contributed by atoms with Gasteiger partial charge in [-0.25, -0.2) is 0 Å². The van der Waals surface area contributed by atoms with Gasteiger partial charge in [0.25, 0.3) is 0 Å². The van der Waals surface area contributed by atoms with Gasteiger partial charge in [0.15, 0.2) is 0 Å². The van der Waals surface area contributed by atoms with Crippen LogP contribution in [-0.4, -0.2) is 12.6 Å². The molecular weight excluding hydrogens is 234 g/mol. The number of rotatable bonds is 3. The van der Waals surface area contributed by atoms with E-state index in [9.17, 15) is 0 Å². The van der Waals surface area contributed by atoms with Crippen LogP contribution in [0, 0.1) is 5.92 Å². The lowest BCUT2D eigenvalue weighted by molar-refractivity contribution is 0.235. The van der Waals surface area contributed by atoms with Crippen LogP contribution in [-0.2, 0) is 0 Å². The second-order valence-corrected chi connectivity index (χ2v) is 6.19. The summed E-state index contributed by atoms with van der Waals surface area (Å²) in [6, 6.07) is 8.73. The Morgan fingerprint density at radius 2 is 1.89 bits per heavy atom. The van der Waals surface area contributed by atoms with Gasteiger partial charge < -0.3 is 10.5 Å². The third kappa shape index (κ3) is 2.94. The Labute approximate surface area is 116 Å². The largest absolute Gasteiger partial charge is 0.493 e. The summed E-state index contributed by atoms with van der Waals surface area (Å²) in [6.07, 6.45) is 9.27. The Morgan fingerprint density at radius 1 is 1.11 bits per heavy atom. The summed E-state index contributed by atoms with van der Waals surface area (Å²) in [5.41, 5.74) is 7.87. The van der Waals surface area contributed by atoms with Crippen LogP contribution < -0.4 is 10.5 Å². The number of hydrogen-bond donors (Lipinski definition) is 1. The van der Waals surface area contributed by atoms with E-state index in [1.807, 2.05) is 6.07 Å². The summed E-state index contributed by atoms with van der Waals surface area (Å²) < 4.78 is 5.74. The quantitative estimate of drug-likeness (QED) is 0.895. The highest BCUT2D eigenvalue weighted by Crippen LogP contribution is 2.38. The molecule has 1 aliphatic carbocycles. The lowest BCUT2D eigenvalue weighted by Gasteiger charge is -2.33. The Kier molecular flexibility index (Phi) is 4.07. The van der Waals surface area contributed by atoms with Crippen molar-refractivity contribution in [1.82, 2.24) is 0 Å². The highest BCUT2D eigenvalue weighted by molar-refractivity contribution is 5.38. The molecule has 0 aromatic heterocycles. The fourth-order valence-corrected chi connectivity index (χ4v) is 3.79. The molecule has 1 aromatic carbocycles. The summed E-state index contributed by atoms with van der Waals surface area (Å²) in [4.78, 5) is 0. The van der Waals surface area contributed by atoms with E-state index >= 15 is 0 Å². The van der Waals surface area contributed by atoms with E-state index in [2.05, 4.69) is 18.2 Å². The minimum Gasteiger partial charge on any atom is -0.493 e. The molecular formula is C17H25NO. The summed E-state index contributed by atoms with van der Waals surface area (Å²) in [5.74, 6) is 2.41. The van der Waals surface area contributed by atoms with Gasteiger partial charge in [0.2, 0.25) is 0 Å². The smallest absolute Gasteiger partial charge is 0.122 e. The van der Waals surface area contributed by atoms with Crippen LogP contribution in [0.25, 0.3) is 0 Å². The average molecular weight is 259 g/mol. The minimum absolute atomic E-state index is 0.299. The van der Waals surface area contributed by atoms with Gasteiger partial charge in [-0.3, -0.25) is 0 Å². The number of nitrogens with two attached hydrogens (primary N) is 1. The first kappa shape index (κ1) is 13.0. The third-order valence-electron chi connectivity index (χ3n) is 4.85. The zero-order valence-electron chi connectivity index (χ0n) is 11.7. The maximum Gasteiger partial charge on any atom is 0.122 e. The molecule has 0 radical (unpaired) electrons. The van der Waals surface area contributed by atoms with Crippen molar-refractivity contribution in [3.05, 3.63) is 29.8 Å². The first-order chi connectivity index (χ1) is 9.34. The molecule has 0 spiro atoms. The zero-order chi connectivity index (χ0) is 13.1. The van der Waals surface area contributed by atoms with Crippen molar-refractivity contribution in [2.24, 2.45) is 11.7 Å². The Hall–Kier alpha value is -1.02. The second-order valence-electron chi connectivity index (χ2n) is 6.19. The van der Waals surface area contributed by atoms with Crippen molar-refractivity contribution >= 4 is 0 Å². The maximum atomic E-state index is 6.54. The van der Waals surface area contributed by atoms with Crippen LogP contribution in [0.1, 0.15) is 56.4 Å². The first-order valence-corrected chi connectivity index (χ1v) is 7.82. The summed E-state index contributed by atoms with van der Waals surface area (Å²) in [7, 11) is 0. The average Bonchev–Trinajstić information content (AvgIpc) is 2.47. The standard InChI is InChI=1S/C17H25NO/c18-16(12-13-6-2-1-3-7-13)14-10-11-19-17-9-5-4-8-15(14)17/h4-5,8-9,13-14,16H,1-3,6-7,10-12,18H2. The van der Waals surface area contributed by atoms with E-state index in [4.69, 9.17) is 10.5 Å². The maximum absolute atomic E-state index is 6.54. The number of fused-ring (bicyclic) bond motifs is 1. The van der Waals surface area contributed by atoms with Gasteiger partial charge in [0.05, 0.1) is 6.61 Å². The second kappa shape index (κ2) is 5.96. The predicted octanol–water partition coefficient (Wildman–Crippen LogP) is 3.85. The normalized spacial score (nSPS) is 25.4. The first-order valence-electron chi connectivity index (χ1n) is 7.82. The lowest BCUT2D eigenvalue weighted by Crippen LogP contribution is -2.34. The van der Waals surface area contributed by atoms with Crippen LogP contribution >= 0.6 is 0 Å². The van der Waals surface area contributed by atoms with Gasteiger partial charge in [0, 0.05) is 12.0 Å². The summed E-state index contributed by atoms with van der Waals surface area (Å²) in [6.45, 7) is 0.819. The Morgan fingerprint density at radius 3 is 2.74 bits per heavy atom. The molecule has 104 valence electrons. The van der Waals surface area contributed by atoms with Gasteiger partial charge in [-0.1, -0.05) is 50.3 Å². The van der Waals surface area contributed by atoms with Crippen molar-refractivity contribution in [2.45, 2.75) is 56.9 Å². The molecule has 1 aromatic rings. The monoisotopic (exact) mass is 259 g/mol. The number of hydrogen-bond acceptors (Lipinski definition) is 2. The van der Waals surface area contributed by atoms with Crippen molar-refractivity contribution < 1.29 is 4.74 Å². The molecule has 2 aliphatic rings. The van der Waals surface area contributed by atoms with E-state index in [0.29, 0.717) is 12.0 Å². The molecule has 19 heavy (non-hydrogen) atoms. The number of benzene rings is 1. The molecule has 1 heterocycles. The van der Waals surface area contributed by atoms with Crippen LogP contribution in [0.15, 0.2) is 24.3 Å². The van der Waals surface area contributed by atoms with E-state index in [-0.39, 0.29) is 0 Å². The molecule has 1 fully saturated rings. The predicted molar refractivity (Wildman–Crippen MR) is 78.5 cm³/mol. The summed E-state index contributed by atoms with van der Waals surface area (Å²) >= 11 is 0. The van der Waals surface area contributed by atoms with Gasteiger partial charge in [-0.2, -0.15) is 0 Å². The molecule has 2 heteroatoms. The van der Waals surface area contributed by atoms with Crippen LogP contribution in [0.4, 0.5) is 0 Å². The van der Waals surface area contributed by atoms with Gasteiger partial charge in [0.1, 0.15) is 5.75 Å². The highest BCUT2D eigenvalue weighted by Gasteiger charge is 2.28. The lowest BCUT2D eigenvalue weighted by atomic mass is 9.78. The Balaban J connectivity index is 1.68. The van der Waals surface area contributed by atoms with E-state index in [1.165, 1.54) is 44.1 Å². The summed E-state index contributed by atoms with van der Waals surface area (Å²) in [5, 5.41) is 0. The van der Waals surface area contributed by atoms with Crippen LogP contribution in [0.2, 0.25) is 0 Å². The van der Waals surface area contributed by atoms with Gasteiger partial charge >= 0.3 is 0 Å². The molecule has 3 rings (SSSR count). The molecule has 0 amide bonds. The van der Waals surface area contributed by atoms with E-state index in [0.717, 1.165) is 24.7 Å². The SMILES string of the molecule is NC(CC1CCCCC1)C1CCOc2ccccc21. The van der Waals surface area contributed by atoms with Crippen molar-refractivity contribution in [3.63, 3.8) is 0 Å². The Bertz CT molecular complexity index is 411. The molecule has 0 saturated heterocycles. The van der Waals surface area contributed by atoms with Crippen molar-refractivity contribution in [2.75, 3.05) is 6.61 Å². The third-order valence-corrected chi connectivity index (χ3v) is 4.85. The molecule has 1 aliphatic heterocycles. The van der Waals surface area contributed by atoms with Crippen molar-refractivity contribution in [1.29, 1.82) is 0 Å². The molecule has 2 nitrogen and oxygen atoms in total. The van der Waals surface area contributed by atoms with E-state index in [1.54, 1.807) is 0 Å². The molecule has 2 N–H and O–H groups in total. The molecule has 2 atom stereocenters. The van der Waals surface area contributed by atoms with Gasteiger partial charge in [-0.15, -0.1) is 0 Å². The molecule has 0 bridgehead atoms. The van der Waals surface area contributed by atoms with E-state index < -0.39 is 0 Å². The minimum atomic E-state index is 0.299. The fourth-order valence-electron chi connectivity index (χ4n) is 3.79. The fraction of sp³-hybridized carbons (Fsp3) is 0.647. The number of ether oxygens (including phenoxy) is 1. The number of para-hydroxylation sites is 1. The molecule has 2 unspecified atom stereocenters. The van der Waals surface area contributed by atoms with Crippen LogP contribution in [0.5, 0.6) is 5.75 Å². The van der Waals surface area contributed by atoms with Crippen molar-refractivity contribution in [3.8, 4) is 5.75 Å². The zero-order valence-corrected chi connectivity index (χ0v) is 11.7. The van der Waals surface area contributed by atoms with Crippen LogP contribution in [0.3, 0.4) is 0 Å². The topological polar surface area (TPSA) is 35.2 Å². The van der Waals surface area contributed by atoms with Gasteiger partial charge in [-0.05, 0) is 30.4 Å².